The van der Waals surface area contributed by atoms with Crippen molar-refractivity contribution in [2.75, 3.05) is 20.3 Å². The average Bonchev–Trinajstić information content (AvgIpc) is 2.13. The number of amides is 1. The standard InChI is InChI=1S/C7H12N2O4/c1-13-6(11)4-5(8)7(12)9-2-3-10/h4,10H,2-3,8H2,1H3,(H,9,12). The first-order chi connectivity index (χ1) is 6.11. The number of esters is 1. The lowest BCUT2D eigenvalue weighted by molar-refractivity contribution is -0.135. The maximum Gasteiger partial charge on any atom is 0.332 e. The van der Waals surface area contributed by atoms with Crippen molar-refractivity contribution in [3.05, 3.63) is 11.8 Å². The highest BCUT2D eigenvalue weighted by molar-refractivity contribution is 5.98. The zero-order valence-corrected chi connectivity index (χ0v) is 7.24. The fourth-order valence-electron chi connectivity index (χ4n) is 0.523. The summed E-state index contributed by atoms with van der Waals surface area (Å²) in [5.41, 5.74) is 4.95. The second kappa shape index (κ2) is 6.01. The molecule has 0 aromatic carbocycles. The van der Waals surface area contributed by atoms with Crippen LogP contribution in [-0.2, 0) is 14.3 Å². The van der Waals surface area contributed by atoms with Gasteiger partial charge in [-0.05, 0) is 0 Å². The molecule has 6 nitrogen and oxygen atoms in total. The lowest BCUT2D eigenvalue weighted by Crippen LogP contribution is -2.31. The van der Waals surface area contributed by atoms with E-state index in [0.29, 0.717) is 0 Å². The first-order valence-electron chi connectivity index (χ1n) is 3.56. The normalized spacial score (nSPS) is 10.8. The van der Waals surface area contributed by atoms with Crippen molar-refractivity contribution >= 4 is 11.9 Å². The Morgan fingerprint density at radius 1 is 1.62 bits per heavy atom. The average molecular weight is 188 g/mol. The van der Waals surface area contributed by atoms with Gasteiger partial charge < -0.3 is 20.9 Å². The quantitative estimate of drug-likeness (QED) is 0.353. The molecular formula is C7H12N2O4. The predicted octanol–water partition coefficient (Wildman–Crippen LogP) is -1.89. The Balaban J connectivity index is 4.08. The van der Waals surface area contributed by atoms with Crippen LogP contribution in [0.1, 0.15) is 0 Å². The molecule has 0 aliphatic carbocycles. The van der Waals surface area contributed by atoms with Crippen molar-refractivity contribution in [3.8, 4) is 0 Å². The minimum Gasteiger partial charge on any atom is -0.466 e. The van der Waals surface area contributed by atoms with Crippen LogP contribution in [0.4, 0.5) is 0 Å². The van der Waals surface area contributed by atoms with Gasteiger partial charge in [-0.25, -0.2) is 4.79 Å². The van der Waals surface area contributed by atoms with Gasteiger partial charge in [-0.2, -0.15) is 0 Å². The maximum absolute atomic E-state index is 10.9. The highest BCUT2D eigenvalue weighted by Crippen LogP contribution is 1.85. The van der Waals surface area contributed by atoms with Crippen LogP contribution >= 0.6 is 0 Å². The van der Waals surface area contributed by atoms with E-state index in [9.17, 15) is 9.59 Å². The Bertz CT molecular complexity index is 225. The number of aliphatic hydroxyl groups is 1. The smallest absolute Gasteiger partial charge is 0.332 e. The molecule has 0 aliphatic heterocycles. The molecule has 4 N–H and O–H groups in total. The highest BCUT2D eigenvalue weighted by Gasteiger charge is 2.06. The summed E-state index contributed by atoms with van der Waals surface area (Å²) in [4.78, 5) is 21.5. The summed E-state index contributed by atoms with van der Waals surface area (Å²) < 4.78 is 4.25. The summed E-state index contributed by atoms with van der Waals surface area (Å²) in [6.45, 7) is -0.0915. The van der Waals surface area contributed by atoms with Gasteiger partial charge in [0.1, 0.15) is 5.70 Å². The Labute approximate surface area is 75.4 Å². The molecule has 0 rings (SSSR count). The summed E-state index contributed by atoms with van der Waals surface area (Å²) in [5.74, 6) is -1.31. The second-order valence-corrected chi connectivity index (χ2v) is 2.10. The zero-order chi connectivity index (χ0) is 10.3. The minimum atomic E-state index is -0.698. The molecule has 0 bridgehead atoms. The van der Waals surface area contributed by atoms with Gasteiger partial charge in [-0.3, -0.25) is 4.79 Å². The van der Waals surface area contributed by atoms with E-state index in [4.69, 9.17) is 10.8 Å². The molecule has 0 unspecified atom stereocenters. The molecule has 0 radical (unpaired) electrons. The molecule has 0 saturated carbocycles. The summed E-state index contributed by atoms with van der Waals surface area (Å²) in [5, 5.41) is 10.6. The monoisotopic (exact) mass is 188 g/mol. The molecule has 74 valence electrons. The number of nitrogens with one attached hydrogen (secondary N) is 1. The van der Waals surface area contributed by atoms with Gasteiger partial charge in [0.2, 0.25) is 0 Å². The number of carbonyl (C=O) groups excluding carboxylic acids is 2. The largest absolute Gasteiger partial charge is 0.466 e. The van der Waals surface area contributed by atoms with Gasteiger partial charge in [-0.1, -0.05) is 0 Å². The number of aliphatic hydroxyl groups excluding tert-OH is 1. The van der Waals surface area contributed by atoms with E-state index in [1.54, 1.807) is 0 Å². The van der Waals surface area contributed by atoms with Gasteiger partial charge in [-0.15, -0.1) is 0 Å². The van der Waals surface area contributed by atoms with Crippen molar-refractivity contribution in [1.29, 1.82) is 0 Å². The van der Waals surface area contributed by atoms with Gasteiger partial charge in [0.05, 0.1) is 19.8 Å². The van der Waals surface area contributed by atoms with E-state index >= 15 is 0 Å². The lowest BCUT2D eigenvalue weighted by atomic mass is 10.4. The molecule has 0 aromatic heterocycles. The molecule has 13 heavy (non-hydrogen) atoms. The third kappa shape index (κ3) is 4.81. The third-order valence-corrected chi connectivity index (χ3v) is 1.13. The van der Waals surface area contributed by atoms with E-state index in [1.807, 2.05) is 0 Å². The van der Waals surface area contributed by atoms with E-state index < -0.39 is 11.9 Å². The van der Waals surface area contributed by atoms with Crippen molar-refractivity contribution in [3.63, 3.8) is 0 Å². The maximum atomic E-state index is 10.9. The van der Waals surface area contributed by atoms with Crippen molar-refractivity contribution < 1.29 is 19.4 Å². The van der Waals surface area contributed by atoms with Crippen LogP contribution in [0, 0.1) is 0 Å². The topological polar surface area (TPSA) is 102 Å². The van der Waals surface area contributed by atoms with Crippen LogP contribution in [0.3, 0.4) is 0 Å². The SMILES string of the molecule is COC(=O)C=C(N)C(=O)NCCO. The number of methoxy groups -OCH3 is 1. The number of hydrogen-bond donors (Lipinski definition) is 3. The molecular weight excluding hydrogens is 176 g/mol. The van der Waals surface area contributed by atoms with Crippen LogP contribution < -0.4 is 11.1 Å². The highest BCUT2D eigenvalue weighted by atomic mass is 16.5. The number of ether oxygens (including phenoxy) is 1. The minimum absolute atomic E-state index is 0.0918. The van der Waals surface area contributed by atoms with Crippen LogP contribution in [0.2, 0.25) is 0 Å². The van der Waals surface area contributed by atoms with E-state index in [-0.39, 0.29) is 18.8 Å². The molecule has 0 heterocycles. The van der Waals surface area contributed by atoms with Crippen LogP contribution in [0.5, 0.6) is 0 Å². The zero-order valence-electron chi connectivity index (χ0n) is 7.24. The number of hydrogen-bond acceptors (Lipinski definition) is 5. The molecule has 0 spiro atoms. The van der Waals surface area contributed by atoms with Crippen LogP contribution in [-0.4, -0.2) is 37.2 Å². The predicted molar refractivity (Wildman–Crippen MR) is 44.4 cm³/mol. The van der Waals surface area contributed by atoms with Crippen LogP contribution in [0.15, 0.2) is 11.8 Å². The third-order valence-electron chi connectivity index (χ3n) is 1.13. The first kappa shape index (κ1) is 11.4. The summed E-state index contributed by atoms with van der Waals surface area (Å²) in [6, 6.07) is 0. The van der Waals surface area contributed by atoms with Gasteiger partial charge in [0.25, 0.3) is 5.91 Å². The molecule has 0 saturated heterocycles. The molecule has 6 heteroatoms. The first-order valence-corrected chi connectivity index (χ1v) is 3.56. The molecule has 0 atom stereocenters. The number of rotatable bonds is 4. The molecule has 0 fully saturated rings. The van der Waals surface area contributed by atoms with Crippen molar-refractivity contribution in [2.24, 2.45) is 5.73 Å². The molecule has 0 aromatic rings. The van der Waals surface area contributed by atoms with Gasteiger partial charge in [0.15, 0.2) is 0 Å². The van der Waals surface area contributed by atoms with E-state index in [2.05, 4.69) is 10.1 Å². The second-order valence-electron chi connectivity index (χ2n) is 2.10. The molecule has 1 amide bonds. The summed E-state index contributed by atoms with van der Waals surface area (Å²) in [7, 11) is 1.18. The fourth-order valence-corrected chi connectivity index (χ4v) is 0.523. The Hall–Kier alpha value is -1.56. The van der Waals surface area contributed by atoms with Gasteiger partial charge in [0, 0.05) is 6.54 Å². The van der Waals surface area contributed by atoms with Crippen LogP contribution in [0.25, 0.3) is 0 Å². The van der Waals surface area contributed by atoms with Gasteiger partial charge >= 0.3 is 5.97 Å². The Morgan fingerprint density at radius 2 is 2.23 bits per heavy atom. The number of carbonyl (C=O) groups is 2. The number of nitrogens with two attached hydrogens (primary N) is 1. The van der Waals surface area contributed by atoms with Crippen molar-refractivity contribution in [2.45, 2.75) is 0 Å². The van der Waals surface area contributed by atoms with Crippen molar-refractivity contribution in [1.82, 2.24) is 5.32 Å². The molecule has 0 aliphatic rings. The fraction of sp³-hybridized carbons (Fsp3) is 0.429. The Kier molecular flexibility index (Phi) is 5.29. The Morgan fingerprint density at radius 3 is 2.69 bits per heavy atom. The summed E-state index contributed by atoms with van der Waals surface area (Å²) in [6.07, 6.45) is 0.868. The van der Waals surface area contributed by atoms with E-state index in [0.717, 1.165) is 6.08 Å². The summed E-state index contributed by atoms with van der Waals surface area (Å²) >= 11 is 0. The lowest BCUT2D eigenvalue weighted by Gasteiger charge is -2.01. The van der Waals surface area contributed by atoms with E-state index in [1.165, 1.54) is 7.11 Å².